The van der Waals surface area contributed by atoms with Crippen molar-refractivity contribution in [1.82, 2.24) is 0 Å². The van der Waals surface area contributed by atoms with E-state index < -0.39 is 0 Å². The van der Waals surface area contributed by atoms with Crippen molar-refractivity contribution in [3.63, 3.8) is 0 Å². The minimum absolute atomic E-state index is 0.156. The number of hydrogen-bond donors (Lipinski definition) is 0. The van der Waals surface area contributed by atoms with Gasteiger partial charge in [-0.05, 0) is 51.7 Å². The molecular weight excluding hydrogens is 304 g/mol. The number of carbonyl (C=O) groups is 2. The molecule has 4 nitrogen and oxygen atoms in total. The van der Waals surface area contributed by atoms with Crippen LogP contribution in [-0.2, 0) is 14.3 Å². The van der Waals surface area contributed by atoms with Gasteiger partial charge in [-0.1, -0.05) is 37.8 Å². The molecule has 130 valence electrons. The van der Waals surface area contributed by atoms with Crippen LogP contribution in [0.25, 0.3) is 0 Å². The first-order chi connectivity index (χ1) is 11.4. The average molecular weight is 330 g/mol. The molecule has 0 unspecified atom stereocenters. The Morgan fingerprint density at radius 1 is 0.917 bits per heavy atom. The van der Waals surface area contributed by atoms with E-state index in [1.807, 2.05) is 6.07 Å². The van der Waals surface area contributed by atoms with Gasteiger partial charge in [-0.3, -0.25) is 0 Å². The lowest BCUT2D eigenvalue weighted by Gasteiger charge is -2.21. The molecule has 1 saturated carbocycles. The highest BCUT2D eigenvalue weighted by atomic mass is 16.5. The van der Waals surface area contributed by atoms with Crippen molar-refractivity contribution in [1.29, 1.82) is 0 Å². The number of benzene rings is 1. The maximum atomic E-state index is 11.1. The zero-order valence-electron chi connectivity index (χ0n) is 14.5. The third-order valence-electron chi connectivity index (χ3n) is 3.48. The molecule has 1 fully saturated rings. The van der Waals surface area contributed by atoms with E-state index >= 15 is 0 Å². The van der Waals surface area contributed by atoms with Gasteiger partial charge >= 0.3 is 11.9 Å². The molecule has 1 aromatic carbocycles. The number of hydrogen-bond acceptors (Lipinski definition) is 4. The van der Waals surface area contributed by atoms with Gasteiger partial charge < -0.3 is 9.47 Å². The van der Waals surface area contributed by atoms with Gasteiger partial charge in [0.1, 0.15) is 11.9 Å². The van der Waals surface area contributed by atoms with Gasteiger partial charge in [0.05, 0.1) is 0 Å². The first-order valence-corrected chi connectivity index (χ1v) is 8.19. The second kappa shape index (κ2) is 10.4. The first-order valence-electron chi connectivity index (χ1n) is 8.19. The summed E-state index contributed by atoms with van der Waals surface area (Å²) in [5, 5.41) is 0. The molecule has 2 rings (SSSR count). The van der Waals surface area contributed by atoms with Crippen LogP contribution >= 0.6 is 0 Å². The highest BCUT2D eigenvalue weighted by Gasteiger charge is 2.17. The Bertz CT molecular complexity index is 569. The van der Waals surface area contributed by atoms with Crippen molar-refractivity contribution in [3.8, 4) is 5.75 Å². The lowest BCUT2D eigenvalue weighted by molar-refractivity contribution is -0.145. The molecule has 0 aliphatic heterocycles. The van der Waals surface area contributed by atoms with Crippen LogP contribution in [0.15, 0.2) is 54.6 Å². The Balaban J connectivity index is 0.000000240. The Kier molecular flexibility index (Phi) is 8.55. The summed E-state index contributed by atoms with van der Waals surface area (Å²) in [6.45, 7) is 10.3. The molecule has 0 amide bonds. The van der Waals surface area contributed by atoms with E-state index in [1.165, 1.54) is 19.3 Å². The minimum Gasteiger partial charge on any atom is -0.459 e. The molecule has 0 atom stereocenters. The molecule has 1 aliphatic carbocycles. The quantitative estimate of drug-likeness (QED) is 0.460. The predicted octanol–water partition coefficient (Wildman–Crippen LogP) is 4.61. The molecule has 0 saturated heterocycles. The van der Waals surface area contributed by atoms with Gasteiger partial charge in [-0.15, -0.1) is 0 Å². The fourth-order valence-corrected chi connectivity index (χ4v) is 2.12. The second-order valence-corrected chi connectivity index (χ2v) is 5.93. The van der Waals surface area contributed by atoms with Crippen molar-refractivity contribution in [2.24, 2.45) is 0 Å². The fraction of sp³-hybridized carbons (Fsp3) is 0.400. The lowest BCUT2D eigenvalue weighted by Crippen LogP contribution is -2.20. The lowest BCUT2D eigenvalue weighted by atomic mass is 9.98. The van der Waals surface area contributed by atoms with Gasteiger partial charge in [0.2, 0.25) is 0 Å². The standard InChI is InChI=1S/C10H16O2.C10H10O2/c2*1-8(2)10(11)12-9-6-4-3-5-7-9/h9H,1,3-7H2,2H3;3-7H,1H2,2H3. The van der Waals surface area contributed by atoms with Crippen LogP contribution < -0.4 is 4.74 Å². The molecule has 24 heavy (non-hydrogen) atoms. The van der Waals surface area contributed by atoms with E-state index in [0.717, 1.165) is 12.8 Å². The molecular formula is C20H26O4. The predicted molar refractivity (Wildman–Crippen MR) is 94.7 cm³/mol. The van der Waals surface area contributed by atoms with E-state index in [1.54, 1.807) is 38.1 Å². The fourth-order valence-electron chi connectivity index (χ4n) is 2.12. The minimum atomic E-state index is -0.388. The van der Waals surface area contributed by atoms with Crippen LogP contribution in [-0.4, -0.2) is 18.0 Å². The summed E-state index contributed by atoms with van der Waals surface area (Å²) in [6.07, 6.45) is 5.87. The van der Waals surface area contributed by atoms with E-state index in [9.17, 15) is 9.59 Å². The summed E-state index contributed by atoms with van der Waals surface area (Å²) >= 11 is 0. The molecule has 0 spiro atoms. The van der Waals surface area contributed by atoms with E-state index in [4.69, 9.17) is 9.47 Å². The molecule has 0 N–H and O–H groups in total. The van der Waals surface area contributed by atoms with Gasteiger partial charge in [0.25, 0.3) is 0 Å². The molecule has 4 heteroatoms. The summed E-state index contributed by atoms with van der Waals surface area (Å²) in [5.41, 5.74) is 0.902. The Morgan fingerprint density at radius 3 is 1.96 bits per heavy atom. The average Bonchev–Trinajstić information content (AvgIpc) is 2.57. The van der Waals surface area contributed by atoms with Gasteiger partial charge in [-0.2, -0.15) is 0 Å². The van der Waals surface area contributed by atoms with E-state index in [-0.39, 0.29) is 18.0 Å². The summed E-state index contributed by atoms with van der Waals surface area (Å²) < 4.78 is 10.2. The Labute approximate surface area is 144 Å². The van der Waals surface area contributed by atoms with Crippen LogP contribution in [0, 0.1) is 0 Å². The highest BCUT2D eigenvalue weighted by Crippen LogP contribution is 2.20. The van der Waals surface area contributed by atoms with Crippen molar-refractivity contribution >= 4 is 11.9 Å². The summed E-state index contributed by atoms with van der Waals surface area (Å²) in [7, 11) is 0. The van der Waals surface area contributed by atoms with E-state index in [0.29, 0.717) is 16.9 Å². The van der Waals surface area contributed by atoms with Crippen LogP contribution in [0.3, 0.4) is 0 Å². The number of ether oxygens (including phenoxy) is 2. The molecule has 1 aromatic rings. The van der Waals surface area contributed by atoms with Gasteiger partial charge in [0, 0.05) is 11.1 Å². The summed E-state index contributed by atoms with van der Waals surface area (Å²) in [4.78, 5) is 22.1. The van der Waals surface area contributed by atoms with Crippen LogP contribution in [0.1, 0.15) is 46.0 Å². The molecule has 0 bridgehead atoms. The zero-order valence-corrected chi connectivity index (χ0v) is 14.5. The van der Waals surface area contributed by atoms with Gasteiger partial charge in [0.15, 0.2) is 0 Å². The number of rotatable bonds is 4. The van der Waals surface area contributed by atoms with Crippen molar-refractivity contribution in [2.45, 2.75) is 52.1 Å². The Hall–Kier alpha value is -2.36. The van der Waals surface area contributed by atoms with Crippen LogP contribution in [0.5, 0.6) is 5.75 Å². The molecule has 0 heterocycles. The van der Waals surface area contributed by atoms with Crippen molar-refractivity contribution in [2.75, 3.05) is 0 Å². The summed E-state index contributed by atoms with van der Waals surface area (Å²) in [5.74, 6) is -0.0754. The normalized spacial score (nSPS) is 13.9. The van der Waals surface area contributed by atoms with E-state index in [2.05, 4.69) is 13.2 Å². The number of esters is 2. The molecule has 1 aliphatic rings. The van der Waals surface area contributed by atoms with Crippen LogP contribution in [0.2, 0.25) is 0 Å². The maximum Gasteiger partial charge on any atom is 0.338 e. The van der Waals surface area contributed by atoms with Crippen molar-refractivity contribution < 1.29 is 19.1 Å². The van der Waals surface area contributed by atoms with Crippen molar-refractivity contribution in [3.05, 3.63) is 54.6 Å². The van der Waals surface area contributed by atoms with Crippen LogP contribution in [0.4, 0.5) is 0 Å². The number of para-hydroxylation sites is 1. The highest BCUT2D eigenvalue weighted by molar-refractivity contribution is 5.88. The SMILES string of the molecule is C=C(C)C(=O)OC1CCCCC1.C=C(C)C(=O)Oc1ccccc1. The molecule has 0 aromatic heterocycles. The number of carbonyl (C=O) groups excluding carboxylic acids is 2. The summed E-state index contributed by atoms with van der Waals surface area (Å²) in [6, 6.07) is 8.92. The largest absolute Gasteiger partial charge is 0.459 e. The first kappa shape index (κ1) is 19.7. The monoisotopic (exact) mass is 330 g/mol. The third-order valence-corrected chi connectivity index (χ3v) is 3.48. The van der Waals surface area contributed by atoms with Gasteiger partial charge in [-0.25, -0.2) is 9.59 Å². The smallest absolute Gasteiger partial charge is 0.338 e. The maximum absolute atomic E-state index is 11.1. The second-order valence-electron chi connectivity index (χ2n) is 5.93. The molecule has 0 radical (unpaired) electrons. The third kappa shape index (κ3) is 7.77. The Morgan fingerprint density at radius 2 is 1.46 bits per heavy atom. The zero-order chi connectivity index (χ0) is 17.9. The topological polar surface area (TPSA) is 52.6 Å².